The molecule has 1 aromatic carbocycles. The van der Waals surface area contributed by atoms with E-state index in [9.17, 15) is 0 Å². The van der Waals surface area contributed by atoms with Crippen molar-refractivity contribution in [3.8, 4) is 10.4 Å². The molecular formula is C14H12N4S2. The molecule has 2 N–H and O–H groups in total. The number of rotatable bonds is 3. The van der Waals surface area contributed by atoms with Crippen molar-refractivity contribution in [2.24, 2.45) is 0 Å². The first-order valence-electron chi connectivity index (χ1n) is 6.06. The number of hydrazine groups is 1. The molecule has 4 nitrogen and oxygen atoms in total. The Labute approximate surface area is 125 Å². The van der Waals surface area contributed by atoms with Gasteiger partial charge < -0.3 is 0 Å². The second kappa shape index (κ2) is 5.52. The third kappa shape index (κ3) is 2.61. The molecule has 2 aromatic heterocycles. The number of hydrogen-bond donors (Lipinski definition) is 2. The van der Waals surface area contributed by atoms with Crippen LogP contribution in [0.1, 0.15) is 6.92 Å². The summed E-state index contributed by atoms with van der Waals surface area (Å²) in [5.74, 6) is 0.742. The summed E-state index contributed by atoms with van der Waals surface area (Å²) in [5, 5.41) is 0. The van der Waals surface area contributed by atoms with Crippen LogP contribution in [0.25, 0.3) is 20.7 Å². The molecule has 0 aliphatic rings. The summed E-state index contributed by atoms with van der Waals surface area (Å²) in [5.41, 5.74) is 8.03. The molecule has 0 unspecified atom stereocenters. The van der Waals surface area contributed by atoms with Crippen LogP contribution in [0.4, 0.5) is 5.82 Å². The van der Waals surface area contributed by atoms with Gasteiger partial charge in [-0.25, -0.2) is 9.97 Å². The lowest BCUT2D eigenvalue weighted by Crippen LogP contribution is -2.25. The lowest BCUT2D eigenvalue weighted by Gasteiger charge is -2.06. The van der Waals surface area contributed by atoms with Crippen LogP contribution in [0.3, 0.4) is 0 Å². The molecule has 0 spiro atoms. The summed E-state index contributed by atoms with van der Waals surface area (Å²) in [6.45, 7) is 1.81. The molecular weight excluding hydrogens is 288 g/mol. The zero-order chi connectivity index (χ0) is 13.9. The first-order chi connectivity index (χ1) is 9.74. The van der Waals surface area contributed by atoms with Gasteiger partial charge in [-0.2, -0.15) is 0 Å². The molecule has 6 heteroatoms. The Morgan fingerprint density at radius 3 is 2.75 bits per heavy atom. The minimum atomic E-state index is 0.664. The molecule has 2 heterocycles. The van der Waals surface area contributed by atoms with Gasteiger partial charge in [-0.15, -0.1) is 11.3 Å². The van der Waals surface area contributed by atoms with Gasteiger partial charge in [0.25, 0.3) is 0 Å². The van der Waals surface area contributed by atoms with Crippen molar-refractivity contribution in [2.75, 3.05) is 5.43 Å². The van der Waals surface area contributed by atoms with E-state index in [4.69, 9.17) is 12.2 Å². The Bertz CT molecular complexity index is 752. The van der Waals surface area contributed by atoms with E-state index in [1.54, 1.807) is 17.7 Å². The molecule has 3 aromatic rings. The van der Waals surface area contributed by atoms with Crippen molar-refractivity contribution in [2.45, 2.75) is 6.92 Å². The monoisotopic (exact) mass is 300 g/mol. The Hall–Kier alpha value is -2.05. The van der Waals surface area contributed by atoms with Gasteiger partial charge in [-0.1, -0.05) is 42.5 Å². The van der Waals surface area contributed by atoms with Gasteiger partial charge >= 0.3 is 0 Å². The number of aromatic nitrogens is 2. The second-order valence-electron chi connectivity index (χ2n) is 4.22. The fourth-order valence-corrected chi connectivity index (χ4v) is 2.95. The standard InChI is InChI=1S/C14H12N4S2/c1-9(19)17-18-14-13-11(15-8-16-14)7-12(20-13)10-5-3-2-4-6-10/h2-8H,1H3,(H,17,19)(H,15,16,18). The summed E-state index contributed by atoms with van der Waals surface area (Å²) >= 11 is 6.64. The maximum atomic E-state index is 4.99. The number of fused-ring (bicyclic) bond motifs is 1. The largest absolute Gasteiger partial charge is 0.293 e. The first kappa shape index (κ1) is 13.0. The Morgan fingerprint density at radius 2 is 2.00 bits per heavy atom. The number of thiophene rings is 1. The van der Waals surface area contributed by atoms with Crippen LogP contribution in [0, 0.1) is 0 Å². The molecule has 0 atom stereocenters. The maximum Gasteiger partial charge on any atom is 0.165 e. The van der Waals surface area contributed by atoms with Crippen molar-refractivity contribution in [3.05, 3.63) is 42.7 Å². The molecule has 0 amide bonds. The number of nitrogens with one attached hydrogen (secondary N) is 2. The normalized spacial score (nSPS) is 10.4. The predicted molar refractivity (Wildman–Crippen MR) is 87.9 cm³/mol. The molecule has 0 saturated carbocycles. The number of hydrogen-bond acceptors (Lipinski definition) is 5. The van der Waals surface area contributed by atoms with E-state index in [1.807, 2.05) is 25.1 Å². The smallest absolute Gasteiger partial charge is 0.165 e. The third-order valence-electron chi connectivity index (χ3n) is 2.73. The van der Waals surface area contributed by atoms with Crippen LogP contribution in [0.15, 0.2) is 42.7 Å². The van der Waals surface area contributed by atoms with Crippen LogP contribution >= 0.6 is 23.6 Å². The Kier molecular flexibility index (Phi) is 3.58. The van der Waals surface area contributed by atoms with Crippen molar-refractivity contribution >= 4 is 44.6 Å². The number of thiocarbonyl (C=S) groups is 1. The van der Waals surface area contributed by atoms with Crippen LogP contribution < -0.4 is 10.9 Å². The van der Waals surface area contributed by atoms with E-state index in [0.29, 0.717) is 4.99 Å². The van der Waals surface area contributed by atoms with Gasteiger partial charge in [-0.3, -0.25) is 10.9 Å². The molecule has 0 radical (unpaired) electrons. The fraction of sp³-hybridized carbons (Fsp3) is 0.0714. The van der Waals surface area contributed by atoms with E-state index in [2.05, 4.69) is 39.0 Å². The van der Waals surface area contributed by atoms with E-state index < -0.39 is 0 Å². The predicted octanol–water partition coefficient (Wildman–Crippen LogP) is 3.62. The Balaban J connectivity index is 2.02. The summed E-state index contributed by atoms with van der Waals surface area (Å²) < 4.78 is 1.01. The van der Waals surface area contributed by atoms with Gasteiger partial charge in [0.1, 0.15) is 6.33 Å². The van der Waals surface area contributed by atoms with Gasteiger partial charge in [0.15, 0.2) is 5.82 Å². The highest BCUT2D eigenvalue weighted by atomic mass is 32.1. The molecule has 0 aliphatic heterocycles. The summed E-state index contributed by atoms with van der Waals surface area (Å²) in [6, 6.07) is 12.3. The molecule has 0 saturated heterocycles. The number of benzene rings is 1. The quantitative estimate of drug-likeness (QED) is 0.571. The van der Waals surface area contributed by atoms with Gasteiger partial charge in [0.2, 0.25) is 0 Å². The molecule has 0 aliphatic carbocycles. The average Bonchev–Trinajstić information content (AvgIpc) is 2.90. The maximum absolute atomic E-state index is 4.99. The number of nitrogens with zero attached hydrogens (tertiary/aromatic N) is 2. The highest BCUT2D eigenvalue weighted by Crippen LogP contribution is 2.35. The van der Waals surface area contributed by atoms with Crippen molar-refractivity contribution < 1.29 is 0 Å². The van der Waals surface area contributed by atoms with E-state index in [0.717, 1.165) is 16.0 Å². The lowest BCUT2D eigenvalue weighted by atomic mass is 10.2. The van der Waals surface area contributed by atoms with Gasteiger partial charge in [-0.05, 0) is 18.6 Å². The lowest BCUT2D eigenvalue weighted by molar-refractivity contribution is 1.09. The van der Waals surface area contributed by atoms with E-state index in [-0.39, 0.29) is 0 Å². The molecule has 0 fully saturated rings. The van der Waals surface area contributed by atoms with Crippen LogP contribution in [-0.4, -0.2) is 15.0 Å². The zero-order valence-electron chi connectivity index (χ0n) is 10.8. The second-order valence-corrected chi connectivity index (χ2v) is 5.88. The minimum Gasteiger partial charge on any atom is -0.293 e. The van der Waals surface area contributed by atoms with Crippen molar-refractivity contribution in [1.82, 2.24) is 15.4 Å². The highest BCUT2D eigenvalue weighted by molar-refractivity contribution is 7.80. The highest BCUT2D eigenvalue weighted by Gasteiger charge is 2.09. The SMILES string of the molecule is CC(=S)NNc1ncnc2cc(-c3ccccc3)sc12. The molecule has 0 bridgehead atoms. The zero-order valence-corrected chi connectivity index (χ0v) is 12.4. The summed E-state index contributed by atoms with van der Waals surface area (Å²) in [4.78, 5) is 10.4. The van der Waals surface area contributed by atoms with Crippen LogP contribution in [0.2, 0.25) is 0 Å². The summed E-state index contributed by atoms with van der Waals surface area (Å²) in [7, 11) is 0. The van der Waals surface area contributed by atoms with Gasteiger partial charge in [0, 0.05) is 4.88 Å². The van der Waals surface area contributed by atoms with Crippen molar-refractivity contribution in [1.29, 1.82) is 0 Å². The van der Waals surface area contributed by atoms with Crippen LogP contribution in [0.5, 0.6) is 0 Å². The van der Waals surface area contributed by atoms with Gasteiger partial charge in [0.05, 0.1) is 15.2 Å². The fourth-order valence-electron chi connectivity index (χ4n) is 1.84. The summed E-state index contributed by atoms with van der Waals surface area (Å²) in [6.07, 6.45) is 1.55. The minimum absolute atomic E-state index is 0.664. The van der Waals surface area contributed by atoms with Crippen molar-refractivity contribution in [3.63, 3.8) is 0 Å². The first-order valence-corrected chi connectivity index (χ1v) is 7.29. The van der Waals surface area contributed by atoms with E-state index >= 15 is 0 Å². The third-order valence-corrected chi connectivity index (χ3v) is 4.01. The van der Waals surface area contributed by atoms with Crippen LogP contribution in [-0.2, 0) is 0 Å². The molecule has 100 valence electrons. The molecule has 20 heavy (non-hydrogen) atoms. The van der Waals surface area contributed by atoms with E-state index in [1.165, 1.54) is 10.4 Å². The molecule has 3 rings (SSSR count). The Morgan fingerprint density at radius 1 is 1.20 bits per heavy atom. The number of anilines is 1. The average molecular weight is 300 g/mol. The topological polar surface area (TPSA) is 49.8 Å².